The van der Waals surface area contributed by atoms with Gasteiger partial charge in [0.05, 0.1) is 6.04 Å². The number of tetrazole rings is 1. The smallest absolute Gasteiger partial charge is 0.205 e. The molecule has 0 fully saturated rings. The van der Waals surface area contributed by atoms with Crippen molar-refractivity contribution in [1.29, 1.82) is 0 Å². The molecule has 5 heteroatoms. The summed E-state index contributed by atoms with van der Waals surface area (Å²) in [5.41, 5.74) is 1.93. The first-order valence-electron chi connectivity index (χ1n) is 7.32. The number of nitrogens with zero attached hydrogens (tertiary/aromatic N) is 4. The van der Waals surface area contributed by atoms with Crippen LogP contribution < -0.4 is 0 Å². The normalized spacial score (nSPS) is 12.3. The Morgan fingerprint density at radius 3 is 2.68 bits per heavy atom. The van der Waals surface area contributed by atoms with E-state index in [1.807, 2.05) is 18.2 Å². The molecule has 0 aliphatic heterocycles. The Morgan fingerprint density at radius 2 is 1.91 bits per heavy atom. The van der Waals surface area contributed by atoms with Crippen LogP contribution in [-0.4, -0.2) is 20.2 Å². The van der Waals surface area contributed by atoms with Crippen LogP contribution in [0, 0.1) is 5.82 Å². The number of aryl methyl sites for hydroxylation is 1. The lowest BCUT2D eigenvalue weighted by Crippen LogP contribution is -2.10. The second-order valence-corrected chi connectivity index (χ2v) is 5.32. The topological polar surface area (TPSA) is 43.6 Å². The van der Waals surface area contributed by atoms with Gasteiger partial charge in [-0.1, -0.05) is 42.5 Å². The summed E-state index contributed by atoms with van der Waals surface area (Å²) in [7, 11) is 0. The number of hydrogen-bond donors (Lipinski definition) is 0. The molecule has 112 valence electrons. The maximum atomic E-state index is 13.2. The number of halogens is 1. The van der Waals surface area contributed by atoms with Gasteiger partial charge in [-0.2, -0.15) is 4.80 Å². The Hall–Kier alpha value is -2.56. The van der Waals surface area contributed by atoms with Gasteiger partial charge in [0, 0.05) is 5.56 Å². The first kappa shape index (κ1) is 14.4. The van der Waals surface area contributed by atoms with Gasteiger partial charge >= 0.3 is 0 Å². The van der Waals surface area contributed by atoms with Crippen LogP contribution in [0.25, 0.3) is 11.4 Å². The molecule has 0 bridgehead atoms. The van der Waals surface area contributed by atoms with E-state index in [4.69, 9.17) is 0 Å². The first-order valence-corrected chi connectivity index (χ1v) is 7.32. The third-order valence-electron chi connectivity index (χ3n) is 3.60. The van der Waals surface area contributed by atoms with E-state index in [9.17, 15) is 4.39 Å². The molecule has 0 saturated carbocycles. The zero-order valence-corrected chi connectivity index (χ0v) is 12.4. The van der Waals surface area contributed by atoms with Crippen LogP contribution in [0.2, 0.25) is 0 Å². The third-order valence-corrected chi connectivity index (χ3v) is 3.60. The molecular weight excluding hydrogens is 279 g/mol. The van der Waals surface area contributed by atoms with E-state index >= 15 is 0 Å². The fraction of sp³-hybridized carbons (Fsp3) is 0.235. The molecule has 22 heavy (non-hydrogen) atoms. The van der Waals surface area contributed by atoms with Crippen LogP contribution in [0.3, 0.4) is 0 Å². The SMILES string of the molecule is CC(CCc1ccccc1)n1nnc(-c2cccc(F)c2)n1. The largest absolute Gasteiger partial charge is 0.207 e. The van der Waals surface area contributed by atoms with Gasteiger partial charge in [0.25, 0.3) is 0 Å². The average molecular weight is 296 g/mol. The molecule has 1 atom stereocenters. The summed E-state index contributed by atoms with van der Waals surface area (Å²) < 4.78 is 13.2. The van der Waals surface area contributed by atoms with Crippen molar-refractivity contribution < 1.29 is 4.39 Å². The summed E-state index contributed by atoms with van der Waals surface area (Å²) >= 11 is 0. The van der Waals surface area contributed by atoms with Gasteiger partial charge < -0.3 is 0 Å². The van der Waals surface area contributed by atoms with Crippen LogP contribution >= 0.6 is 0 Å². The molecule has 0 aliphatic carbocycles. The molecule has 2 aromatic carbocycles. The average Bonchev–Trinajstić information content (AvgIpc) is 3.04. The fourth-order valence-electron chi connectivity index (χ4n) is 2.29. The summed E-state index contributed by atoms with van der Waals surface area (Å²) in [6, 6.07) is 16.7. The Bertz CT molecular complexity index is 739. The fourth-order valence-corrected chi connectivity index (χ4v) is 2.29. The predicted octanol–water partition coefficient (Wildman–Crippen LogP) is 3.67. The van der Waals surface area contributed by atoms with Crippen molar-refractivity contribution in [3.05, 3.63) is 66.0 Å². The summed E-state index contributed by atoms with van der Waals surface area (Å²) in [4.78, 5) is 1.60. The Balaban J connectivity index is 1.68. The van der Waals surface area contributed by atoms with Crippen molar-refractivity contribution in [1.82, 2.24) is 20.2 Å². The minimum Gasteiger partial charge on any atom is -0.207 e. The second-order valence-electron chi connectivity index (χ2n) is 5.32. The third kappa shape index (κ3) is 3.36. The lowest BCUT2D eigenvalue weighted by molar-refractivity contribution is 0.401. The minimum atomic E-state index is -0.300. The zero-order chi connectivity index (χ0) is 15.4. The van der Waals surface area contributed by atoms with Crippen molar-refractivity contribution in [2.75, 3.05) is 0 Å². The predicted molar refractivity (Wildman–Crippen MR) is 82.7 cm³/mol. The summed E-state index contributed by atoms with van der Waals surface area (Å²) in [5.74, 6) is 0.150. The molecule has 0 radical (unpaired) electrons. The van der Waals surface area contributed by atoms with Crippen molar-refractivity contribution >= 4 is 0 Å². The maximum Gasteiger partial charge on any atom is 0.205 e. The molecule has 1 heterocycles. The summed E-state index contributed by atoms with van der Waals surface area (Å²) in [6.07, 6.45) is 1.88. The lowest BCUT2D eigenvalue weighted by Gasteiger charge is -2.09. The Kier molecular flexibility index (Phi) is 4.23. The quantitative estimate of drug-likeness (QED) is 0.721. The van der Waals surface area contributed by atoms with E-state index in [-0.39, 0.29) is 11.9 Å². The van der Waals surface area contributed by atoms with Crippen LogP contribution in [0.4, 0.5) is 4.39 Å². The van der Waals surface area contributed by atoms with Gasteiger partial charge in [-0.05, 0) is 42.7 Å². The highest BCUT2D eigenvalue weighted by Crippen LogP contribution is 2.17. The molecule has 4 nitrogen and oxygen atoms in total. The number of rotatable bonds is 5. The van der Waals surface area contributed by atoms with Gasteiger partial charge in [-0.15, -0.1) is 10.2 Å². The van der Waals surface area contributed by atoms with E-state index in [0.717, 1.165) is 12.8 Å². The second kappa shape index (κ2) is 6.47. The molecule has 1 unspecified atom stereocenters. The van der Waals surface area contributed by atoms with E-state index in [2.05, 4.69) is 34.5 Å². The van der Waals surface area contributed by atoms with Crippen molar-refractivity contribution in [3.63, 3.8) is 0 Å². The van der Waals surface area contributed by atoms with E-state index in [1.54, 1.807) is 16.9 Å². The molecule has 0 aliphatic rings. The van der Waals surface area contributed by atoms with Crippen molar-refractivity contribution in [3.8, 4) is 11.4 Å². The van der Waals surface area contributed by atoms with Gasteiger partial charge in [0.2, 0.25) is 5.82 Å². The van der Waals surface area contributed by atoms with E-state index in [1.165, 1.54) is 17.7 Å². The van der Waals surface area contributed by atoms with Crippen LogP contribution in [0.1, 0.15) is 24.9 Å². The number of aromatic nitrogens is 4. The standard InChI is InChI=1S/C17H17FN4/c1-13(10-11-14-6-3-2-4-7-14)22-20-17(19-21-22)15-8-5-9-16(18)12-15/h2-9,12-13H,10-11H2,1H3. The molecule has 3 rings (SSSR count). The van der Waals surface area contributed by atoms with Gasteiger partial charge in [-0.3, -0.25) is 0 Å². The molecule has 0 saturated heterocycles. The maximum absolute atomic E-state index is 13.2. The number of hydrogen-bond acceptors (Lipinski definition) is 3. The Morgan fingerprint density at radius 1 is 1.09 bits per heavy atom. The van der Waals surface area contributed by atoms with Crippen LogP contribution in [0.15, 0.2) is 54.6 Å². The van der Waals surface area contributed by atoms with Gasteiger partial charge in [0.15, 0.2) is 0 Å². The lowest BCUT2D eigenvalue weighted by atomic mass is 10.1. The zero-order valence-electron chi connectivity index (χ0n) is 12.4. The van der Waals surface area contributed by atoms with Crippen molar-refractivity contribution in [2.45, 2.75) is 25.8 Å². The minimum absolute atomic E-state index is 0.134. The molecule has 3 aromatic rings. The monoisotopic (exact) mass is 296 g/mol. The molecule has 0 spiro atoms. The van der Waals surface area contributed by atoms with Crippen LogP contribution in [-0.2, 0) is 6.42 Å². The highest BCUT2D eigenvalue weighted by molar-refractivity contribution is 5.53. The first-order chi connectivity index (χ1) is 10.7. The highest BCUT2D eigenvalue weighted by Gasteiger charge is 2.11. The summed E-state index contributed by atoms with van der Waals surface area (Å²) in [5, 5.41) is 12.5. The molecule has 0 amide bonds. The van der Waals surface area contributed by atoms with Crippen LogP contribution in [0.5, 0.6) is 0 Å². The van der Waals surface area contributed by atoms with E-state index in [0.29, 0.717) is 11.4 Å². The highest BCUT2D eigenvalue weighted by atomic mass is 19.1. The molecule has 1 aromatic heterocycles. The van der Waals surface area contributed by atoms with Gasteiger partial charge in [-0.25, -0.2) is 4.39 Å². The van der Waals surface area contributed by atoms with Gasteiger partial charge in [0.1, 0.15) is 5.82 Å². The summed E-state index contributed by atoms with van der Waals surface area (Å²) in [6.45, 7) is 2.06. The van der Waals surface area contributed by atoms with E-state index < -0.39 is 0 Å². The number of benzene rings is 2. The molecule has 0 N–H and O–H groups in total. The Labute approximate surface area is 128 Å². The van der Waals surface area contributed by atoms with Crippen molar-refractivity contribution in [2.24, 2.45) is 0 Å². The molecular formula is C17H17FN4.